The fourth-order valence-corrected chi connectivity index (χ4v) is 1.15. The van der Waals surface area contributed by atoms with Crippen LogP contribution < -0.4 is 0 Å². The van der Waals surface area contributed by atoms with E-state index in [1.807, 2.05) is 0 Å². The molecule has 0 aromatic carbocycles. The zero-order valence-corrected chi connectivity index (χ0v) is 9.60. The first kappa shape index (κ1) is 12.5. The van der Waals surface area contributed by atoms with Gasteiger partial charge in [0, 0.05) is 21.2 Å². The van der Waals surface area contributed by atoms with Gasteiger partial charge < -0.3 is 13.7 Å². The molecule has 0 aliphatic carbocycles. The third-order valence-corrected chi connectivity index (χ3v) is 1.93. The molecule has 70 valence electrons. The van der Waals surface area contributed by atoms with E-state index >= 15 is 0 Å². The molecule has 0 aliphatic rings. The molecule has 0 aromatic rings. The topological polar surface area (TPSA) is 27.7 Å². The number of hydrogen-bond acceptors (Lipinski definition) is 4. The lowest BCUT2D eigenvalue weighted by atomic mass is 10.7. The number of rotatable bonds is 8. The Bertz CT molecular complexity index is 126. The lowest BCUT2D eigenvalue weighted by Crippen LogP contribution is -2.07. The molecule has 0 spiro atoms. The van der Waals surface area contributed by atoms with Crippen molar-refractivity contribution in [1.29, 1.82) is 0 Å². The molecule has 5 heteroatoms. The fourth-order valence-electron chi connectivity index (χ4n) is 0.475. The monoisotopic (exact) mass is 302 g/mol. The molecule has 0 amide bonds. The van der Waals surface area contributed by atoms with Crippen molar-refractivity contribution in [3.8, 4) is 12.3 Å². The van der Waals surface area contributed by atoms with Gasteiger partial charge in [-0.2, -0.15) is 0 Å². The van der Waals surface area contributed by atoms with E-state index in [-0.39, 0.29) is 0 Å². The quantitative estimate of drug-likeness (QED) is 0.295. The molecule has 0 heterocycles. The van der Waals surface area contributed by atoms with E-state index < -0.39 is 0 Å². The van der Waals surface area contributed by atoms with Crippen LogP contribution in [0.4, 0.5) is 0 Å². The largest absolute Gasteiger partial charge is 0.377 e. The summed E-state index contributed by atoms with van der Waals surface area (Å²) in [6, 6.07) is 0. The lowest BCUT2D eigenvalue weighted by Gasteiger charge is -2.02. The summed E-state index contributed by atoms with van der Waals surface area (Å²) >= 11 is 2.06. The Labute approximate surface area is 89.3 Å². The molecular weight excluding hydrogens is 291 g/mol. The average Bonchev–Trinajstić information content (AvgIpc) is 2.10. The van der Waals surface area contributed by atoms with Crippen LogP contribution in [-0.4, -0.2) is 33.0 Å². The predicted octanol–water partition coefficient (Wildman–Crippen LogP) is 1.67. The molecule has 0 saturated heterocycles. The molecule has 12 heavy (non-hydrogen) atoms. The Morgan fingerprint density at radius 1 is 1.17 bits per heavy atom. The van der Waals surface area contributed by atoms with Crippen LogP contribution in [0.2, 0.25) is 0 Å². The van der Waals surface area contributed by atoms with Gasteiger partial charge in [0.1, 0.15) is 6.61 Å². The van der Waals surface area contributed by atoms with Crippen molar-refractivity contribution < 1.29 is 13.7 Å². The number of ether oxygens (including phenoxy) is 2. The van der Waals surface area contributed by atoms with Gasteiger partial charge in [0.25, 0.3) is 0 Å². The highest BCUT2D eigenvalue weighted by Crippen LogP contribution is 2.10. The summed E-state index contributed by atoms with van der Waals surface area (Å²) < 4.78 is 15.1. The third-order valence-electron chi connectivity index (χ3n) is 0.913. The van der Waals surface area contributed by atoms with Crippen LogP contribution in [0.25, 0.3) is 0 Å². The second kappa shape index (κ2) is 11.5. The maximum Gasteiger partial charge on any atom is 0.107 e. The minimum atomic E-state index is 0.351. The van der Waals surface area contributed by atoms with Crippen molar-refractivity contribution in [3.05, 3.63) is 0 Å². The van der Waals surface area contributed by atoms with Crippen LogP contribution in [0.5, 0.6) is 0 Å². The van der Waals surface area contributed by atoms with Crippen LogP contribution in [0, 0.1) is 12.3 Å². The highest BCUT2D eigenvalue weighted by molar-refractivity contribution is 14.2. The molecule has 0 bridgehead atoms. The molecule has 0 rings (SSSR count). The normalized spacial score (nSPS) is 9.67. The molecule has 0 fully saturated rings. The zero-order valence-electron chi connectivity index (χ0n) is 6.62. The van der Waals surface area contributed by atoms with Gasteiger partial charge in [-0.05, 0) is 0 Å². The summed E-state index contributed by atoms with van der Waals surface area (Å²) in [6.45, 7) is 2.65. The van der Waals surface area contributed by atoms with Crippen molar-refractivity contribution >= 4 is 30.4 Å². The van der Waals surface area contributed by atoms with Crippen LogP contribution in [0.15, 0.2) is 0 Å². The molecule has 3 nitrogen and oxygen atoms in total. The van der Waals surface area contributed by atoms with Crippen molar-refractivity contribution in [3.63, 3.8) is 0 Å². The van der Waals surface area contributed by atoms with Crippen molar-refractivity contribution in [2.75, 3.05) is 33.0 Å². The average molecular weight is 302 g/mol. The van der Waals surface area contributed by atoms with Crippen LogP contribution in [0.1, 0.15) is 0 Å². The second-order valence-corrected chi connectivity index (χ2v) is 3.19. The Kier molecular flexibility index (Phi) is 12.0. The van der Waals surface area contributed by atoms with Crippen molar-refractivity contribution in [2.24, 2.45) is 0 Å². The molecule has 0 saturated carbocycles. The van der Waals surface area contributed by atoms with E-state index in [1.165, 1.54) is 9.21 Å². The Balaban J connectivity index is 2.78. The summed E-state index contributed by atoms with van der Waals surface area (Å²) in [7, 11) is 1.31. The number of halogens is 1. The minimum absolute atomic E-state index is 0.351. The Hall–Kier alpha value is 0.520. The molecule has 0 radical (unpaired) electrons. The molecule has 0 atom stereocenters. The van der Waals surface area contributed by atoms with Crippen molar-refractivity contribution in [1.82, 2.24) is 0 Å². The maximum absolute atomic E-state index is 5.15. The summed E-state index contributed by atoms with van der Waals surface area (Å²) in [4.78, 5) is 0. The highest BCUT2D eigenvalue weighted by Gasteiger charge is 1.88. The van der Waals surface area contributed by atoms with E-state index in [4.69, 9.17) is 20.1 Å². The van der Waals surface area contributed by atoms with Crippen LogP contribution in [0.3, 0.4) is 0 Å². The summed E-state index contributed by atoms with van der Waals surface area (Å²) in [5, 5.41) is 0. The summed E-state index contributed by atoms with van der Waals surface area (Å²) in [5.41, 5.74) is 0. The third kappa shape index (κ3) is 10.5. The van der Waals surface area contributed by atoms with Gasteiger partial charge in [0.05, 0.1) is 35.6 Å². The minimum Gasteiger partial charge on any atom is -0.377 e. The van der Waals surface area contributed by atoms with Crippen LogP contribution in [-0.2, 0) is 13.7 Å². The van der Waals surface area contributed by atoms with Gasteiger partial charge >= 0.3 is 0 Å². The van der Waals surface area contributed by atoms with E-state index in [2.05, 4.69) is 27.1 Å². The predicted molar refractivity (Wildman–Crippen MR) is 58.0 cm³/mol. The smallest absolute Gasteiger partial charge is 0.107 e. The second-order valence-electron chi connectivity index (χ2n) is 1.75. The van der Waals surface area contributed by atoms with Gasteiger partial charge in [-0.25, -0.2) is 0 Å². The van der Waals surface area contributed by atoms with E-state index in [9.17, 15) is 0 Å². The fraction of sp³-hybridized carbons (Fsp3) is 0.714. The van der Waals surface area contributed by atoms with E-state index in [1.54, 1.807) is 0 Å². The standard InChI is InChI=1S/C7H11IO3S/c1-2-3-9-4-5-10-6-7-11-12-8/h1H,3-7H2. The molecule has 0 N–H and O–H groups in total. The zero-order chi connectivity index (χ0) is 9.07. The first-order valence-electron chi connectivity index (χ1n) is 3.41. The lowest BCUT2D eigenvalue weighted by molar-refractivity contribution is 0.0493. The van der Waals surface area contributed by atoms with E-state index in [0.29, 0.717) is 33.0 Å². The van der Waals surface area contributed by atoms with Gasteiger partial charge in [-0.15, -0.1) is 6.42 Å². The van der Waals surface area contributed by atoms with Gasteiger partial charge in [0.2, 0.25) is 0 Å². The van der Waals surface area contributed by atoms with Gasteiger partial charge in [-0.3, -0.25) is 0 Å². The van der Waals surface area contributed by atoms with E-state index in [0.717, 1.165) is 0 Å². The summed E-state index contributed by atoms with van der Waals surface area (Å²) in [6.07, 6.45) is 4.97. The van der Waals surface area contributed by atoms with Gasteiger partial charge in [0.15, 0.2) is 0 Å². The number of terminal acetylenes is 1. The van der Waals surface area contributed by atoms with Crippen molar-refractivity contribution in [2.45, 2.75) is 0 Å². The Morgan fingerprint density at radius 3 is 2.50 bits per heavy atom. The first-order valence-corrected chi connectivity index (χ1v) is 6.69. The molecule has 0 aliphatic heterocycles. The molecular formula is C7H11IO3S. The number of hydrogen-bond donors (Lipinski definition) is 0. The highest BCUT2D eigenvalue weighted by atomic mass is 127. The first-order chi connectivity index (χ1) is 5.91. The van der Waals surface area contributed by atoms with Crippen LogP contribution >= 0.6 is 30.4 Å². The molecule has 0 unspecified atom stereocenters. The van der Waals surface area contributed by atoms with Gasteiger partial charge in [-0.1, -0.05) is 5.92 Å². The SMILES string of the molecule is C#CCOCCOCCOSI. The molecule has 0 aromatic heterocycles. The Morgan fingerprint density at radius 2 is 1.83 bits per heavy atom. The summed E-state index contributed by atoms with van der Waals surface area (Å²) in [5.74, 6) is 2.37. The maximum atomic E-state index is 5.15.